The summed E-state index contributed by atoms with van der Waals surface area (Å²) in [7, 11) is 3.96. The van der Waals surface area contributed by atoms with Crippen molar-refractivity contribution < 1.29 is 4.79 Å². The second-order valence-electron chi connectivity index (χ2n) is 9.37. The molecule has 2 saturated heterocycles. The van der Waals surface area contributed by atoms with E-state index in [9.17, 15) is 4.79 Å². The van der Waals surface area contributed by atoms with Gasteiger partial charge >= 0.3 is 0 Å². The van der Waals surface area contributed by atoms with E-state index in [1.165, 1.54) is 0 Å². The molecule has 4 rings (SSSR count). The average Bonchev–Trinajstić information content (AvgIpc) is 2.80. The smallest absolute Gasteiger partial charge is 0.236 e. The van der Waals surface area contributed by atoms with Crippen molar-refractivity contribution >= 4 is 11.9 Å². The summed E-state index contributed by atoms with van der Waals surface area (Å²) in [4.78, 5) is 28.8. The van der Waals surface area contributed by atoms with Crippen molar-refractivity contribution in [3.8, 4) is 11.1 Å². The van der Waals surface area contributed by atoms with E-state index in [1.54, 1.807) is 0 Å². The largest absolute Gasteiger partial charge is 0.347 e. The van der Waals surface area contributed by atoms with Gasteiger partial charge in [0.2, 0.25) is 11.9 Å². The molecule has 2 aliphatic rings. The molecule has 0 bridgehead atoms. The van der Waals surface area contributed by atoms with Crippen LogP contribution >= 0.6 is 0 Å². The second-order valence-corrected chi connectivity index (χ2v) is 9.37. The van der Waals surface area contributed by atoms with Gasteiger partial charge in [0.1, 0.15) is 0 Å². The van der Waals surface area contributed by atoms with Gasteiger partial charge in [0.05, 0.1) is 12.2 Å². The van der Waals surface area contributed by atoms with Crippen LogP contribution in [0.4, 0.5) is 5.95 Å². The number of rotatable bonds is 5. The normalized spacial score (nSPS) is 20.6. The Bertz CT molecular complexity index is 877. The zero-order valence-electron chi connectivity index (χ0n) is 19.1. The number of piperidine rings is 2. The minimum atomic E-state index is 0.285. The third kappa shape index (κ3) is 5.24. The fourth-order valence-electron chi connectivity index (χ4n) is 4.72. The molecule has 0 radical (unpaired) electrons. The lowest BCUT2D eigenvalue weighted by molar-refractivity contribution is -0.134. The van der Waals surface area contributed by atoms with Crippen LogP contribution in [-0.2, 0) is 4.79 Å². The summed E-state index contributed by atoms with van der Waals surface area (Å²) in [5, 5.41) is 0. The van der Waals surface area contributed by atoms with Gasteiger partial charge < -0.3 is 9.80 Å². The van der Waals surface area contributed by atoms with Crippen molar-refractivity contribution in [3.63, 3.8) is 0 Å². The van der Waals surface area contributed by atoms with Crippen molar-refractivity contribution in [1.82, 2.24) is 19.8 Å². The molecule has 166 valence electrons. The summed E-state index contributed by atoms with van der Waals surface area (Å²) in [6.07, 6.45) is 6.40. The summed E-state index contributed by atoms with van der Waals surface area (Å²) in [6, 6.07) is 10.4. The van der Waals surface area contributed by atoms with Gasteiger partial charge in [-0.1, -0.05) is 37.3 Å². The summed E-state index contributed by atoms with van der Waals surface area (Å²) in [6.45, 7) is 6.49. The van der Waals surface area contributed by atoms with Crippen LogP contribution in [0.2, 0.25) is 0 Å². The molecular formula is C25H35N5O. The van der Waals surface area contributed by atoms with Crippen LogP contribution in [-0.4, -0.2) is 72.5 Å². The van der Waals surface area contributed by atoms with Crippen LogP contribution in [0.5, 0.6) is 0 Å². The highest BCUT2D eigenvalue weighted by molar-refractivity contribution is 5.78. The van der Waals surface area contributed by atoms with Crippen molar-refractivity contribution in [2.45, 2.75) is 38.5 Å². The minimum absolute atomic E-state index is 0.285. The highest BCUT2D eigenvalue weighted by Crippen LogP contribution is 2.34. The molecule has 6 heteroatoms. The molecule has 6 nitrogen and oxygen atoms in total. The van der Waals surface area contributed by atoms with Crippen molar-refractivity contribution in [1.29, 1.82) is 0 Å². The Labute approximate surface area is 186 Å². The number of anilines is 1. The number of carbonyl (C=O) groups excluding carboxylic acids is 1. The van der Waals surface area contributed by atoms with Crippen LogP contribution in [0.25, 0.3) is 11.1 Å². The van der Waals surface area contributed by atoms with Crippen LogP contribution in [0.3, 0.4) is 0 Å². The third-order valence-corrected chi connectivity index (χ3v) is 6.68. The van der Waals surface area contributed by atoms with E-state index < -0.39 is 0 Å². The molecule has 1 aromatic carbocycles. The van der Waals surface area contributed by atoms with Gasteiger partial charge in [0.25, 0.3) is 0 Å². The lowest BCUT2D eigenvalue weighted by Crippen LogP contribution is -2.46. The van der Waals surface area contributed by atoms with Crippen molar-refractivity contribution in [2.75, 3.05) is 51.7 Å². The van der Waals surface area contributed by atoms with Gasteiger partial charge in [-0.2, -0.15) is 0 Å². The number of likely N-dealkylation sites (tertiary alicyclic amines) is 2. The van der Waals surface area contributed by atoms with Crippen molar-refractivity contribution in [3.05, 3.63) is 42.2 Å². The standard InChI is InChI=1S/C25H35N5O/c1-19-11-14-30(15-12-19)23(31)18-29-13-7-10-21(17-29)24-22(20-8-5-4-6-9-20)16-26-25(27-24)28(2)3/h4-6,8-9,16,19,21H,7,10-15,17-18H2,1-3H3/t21-/m0/s1. The third-order valence-electron chi connectivity index (χ3n) is 6.68. The summed E-state index contributed by atoms with van der Waals surface area (Å²) >= 11 is 0. The quantitative estimate of drug-likeness (QED) is 0.738. The molecule has 0 saturated carbocycles. The molecule has 1 aromatic heterocycles. The Morgan fingerprint density at radius 3 is 2.55 bits per heavy atom. The Kier molecular flexibility index (Phi) is 6.86. The van der Waals surface area contributed by atoms with Gasteiger partial charge in [-0.25, -0.2) is 9.97 Å². The molecule has 0 spiro atoms. The number of nitrogens with zero attached hydrogens (tertiary/aromatic N) is 5. The molecule has 0 N–H and O–H groups in total. The molecule has 2 aromatic rings. The maximum atomic E-state index is 12.9. The van der Waals surface area contributed by atoms with Crippen LogP contribution in [0, 0.1) is 5.92 Å². The molecule has 1 amide bonds. The maximum absolute atomic E-state index is 12.9. The van der Waals surface area contributed by atoms with E-state index in [0.29, 0.717) is 12.5 Å². The van der Waals surface area contributed by atoms with Gasteiger partial charge in [-0.3, -0.25) is 9.69 Å². The van der Waals surface area contributed by atoms with E-state index in [2.05, 4.69) is 46.0 Å². The van der Waals surface area contributed by atoms with Gasteiger partial charge in [0, 0.05) is 51.4 Å². The maximum Gasteiger partial charge on any atom is 0.236 e. The Morgan fingerprint density at radius 2 is 1.84 bits per heavy atom. The number of hydrogen-bond acceptors (Lipinski definition) is 5. The van der Waals surface area contributed by atoms with Gasteiger partial charge in [0.15, 0.2) is 0 Å². The molecular weight excluding hydrogens is 386 g/mol. The zero-order valence-corrected chi connectivity index (χ0v) is 19.1. The molecule has 3 heterocycles. The molecule has 2 fully saturated rings. The lowest BCUT2D eigenvalue weighted by atomic mass is 9.90. The number of hydrogen-bond donors (Lipinski definition) is 0. The fraction of sp³-hybridized carbons (Fsp3) is 0.560. The molecule has 31 heavy (non-hydrogen) atoms. The molecule has 1 atom stereocenters. The van der Waals surface area contributed by atoms with Gasteiger partial charge in [-0.15, -0.1) is 0 Å². The summed E-state index contributed by atoms with van der Waals surface area (Å²) < 4.78 is 0. The van der Waals surface area contributed by atoms with Crippen LogP contribution < -0.4 is 4.90 Å². The minimum Gasteiger partial charge on any atom is -0.347 e. The second kappa shape index (κ2) is 9.77. The topological polar surface area (TPSA) is 52.6 Å². The Morgan fingerprint density at radius 1 is 1.10 bits per heavy atom. The number of benzene rings is 1. The molecule has 0 unspecified atom stereocenters. The van der Waals surface area contributed by atoms with E-state index in [4.69, 9.17) is 4.98 Å². The Hall–Kier alpha value is -2.47. The van der Waals surface area contributed by atoms with E-state index >= 15 is 0 Å². The van der Waals surface area contributed by atoms with E-state index in [-0.39, 0.29) is 5.91 Å². The Balaban J connectivity index is 1.52. The first-order chi connectivity index (χ1) is 15.0. The van der Waals surface area contributed by atoms with E-state index in [0.717, 1.165) is 80.5 Å². The summed E-state index contributed by atoms with van der Waals surface area (Å²) in [5.41, 5.74) is 3.36. The summed E-state index contributed by atoms with van der Waals surface area (Å²) in [5.74, 6) is 2.07. The first kappa shape index (κ1) is 21.8. The zero-order chi connectivity index (χ0) is 21.8. The number of amides is 1. The predicted octanol–water partition coefficient (Wildman–Crippen LogP) is 3.65. The monoisotopic (exact) mass is 421 g/mol. The SMILES string of the molecule is CC1CCN(C(=O)CN2CCC[C@H](c3nc(N(C)C)ncc3-c3ccccc3)C2)CC1. The number of aromatic nitrogens is 2. The van der Waals surface area contributed by atoms with Crippen LogP contribution in [0.1, 0.15) is 44.2 Å². The fourth-order valence-corrected chi connectivity index (χ4v) is 4.72. The highest BCUT2D eigenvalue weighted by atomic mass is 16.2. The predicted molar refractivity (Wildman–Crippen MR) is 125 cm³/mol. The van der Waals surface area contributed by atoms with E-state index in [1.807, 2.05) is 31.3 Å². The molecule has 2 aliphatic heterocycles. The van der Waals surface area contributed by atoms with Crippen molar-refractivity contribution in [2.24, 2.45) is 5.92 Å². The molecule has 0 aliphatic carbocycles. The average molecular weight is 422 g/mol. The highest BCUT2D eigenvalue weighted by Gasteiger charge is 2.28. The number of carbonyl (C=O) groups is 1. The first-order valence-corrected chi connectivity index (χ1v) is 11.6. The lowest BCUT2D eigenvalue weighted by Gasteiger charge is -2.36. The van der Waals surface area contributed by atoms with Crippen LogP contribution in [0.15, 0.2) is 36.5 Å². The van der Waals surface area contributed by atoms with Gasteiger partial charge in [-0.05, 0) is 43.7 Å². The first-order valence-electron chi connectivity index (χ1n) is 11.6.